The molecule has 0 unspecified atom stereocenters. The summed E-state index contributed by atoms with van der Waals surface area (Å²) in [5.41, 5.74) is 6.91. The third-order valence-electron chi connectivity index (χ3n) is 5.67. The summed E-state index contributed by atoms with van der Waals surface area (Å²) in [5.74, 6) is 0.370. The number of nitrogens with zero attached hydrogens (tertiary/aromatic N) is 3. The van der Waals surface area contributed by atoms with E-state index in [-0.39, 0.29) is 24.3 Å². The van der Waals surface area contributed by atoms with Gasteiger partial charge in [-0.15, -0.1) is 0 Å². The van der Waals surface area contributed by atoms with Crippen LogP contribution >= 0.6 is 0 Å². The fourth-order valence-electron chi connectivity index (χ4n) is 3.99. The van der Waals surface area contributed by atoms with Crippen molar-refractivity contribution in [3.05, 3.63) is 23.8 Å². The average Bonchev–Trinajstić information content (AvgIpc) is 3.24. The number of urea groups is 1. The molecule has 2 heterocycles. The highest BCUT2D eigenvalue weighted by atomic mass is 16.5. The fraction of sp³-hybridized carbons (Fsp3) is 0.545. The minimum atomic E-state index is -0.801. The quantitative estimate of drug-likeness (QED) is 0.467. The van der Waals surface area contributed by atoms with Gasteiger partial charge in [0.2, 0.25) is 17.8 Å². The minimum Gasteiger partial charge on any atom is -0.495 e. The molecule has 0 aromatic heterocycles. The number of ether oxygens (including phenoxy) is 1. The lowest BCUT2D eigenvalue weighted by molar-refractivity contribution is -0.140. The summed E-state index contributed by atoms with van der Waals surface area (Å²) in [5, 5.41) is 5.47. The zero-order chi connectivity index (χ0) is 23.1. The third kappa shape index (κ3) is 6.12. The van der Waals surface area contributed by atoms with Crippen LogP contribution in [0.25, 0.3) is 0 Å². The maximum absolute atomic E-state index is 13.2. The SMILES string of the molecule is COc1cc(C)ccc1NC(=N[C@H]1CCCCN(CC(=O)N2CCCC2)C1=O)NC(N)=O. The first kappa shape index (κ1) is 23.4. The highest BCUT2D eigenvalue weighted by Crippen LogP contribution is 2.25. The topological polar surface area (TPSA) is 129 Å². The van der Waals surface area contributed by atoms with Crippen LogP contribution in [-0.4, -0.2) is 72.9 Å². The van der Waals surface area contributed by atoms with E-state index in [1.54, 1.807) is 18.1 Å². The Morgan fingerprint density at radius 1 is 1.19 bits per heavy atom. The molecule has 2 saturated heterocycles. The smallest absolute Gasteiger partial charge is 0.318 e. The Hall–Kier alpha value is -3.30. The summed E-state index contributed by atoms with van der Waals surface area (Å²) in [6, 6.07) is 3.99. The number of anilines is 1. The largest absolute Gasteiger partial charge is 0.495 e. The van der Waals surface area contributed by atoms with Crippen molar-refractivity contribution in [3.63, 3.8) is 0 Å². The summed E-state index contributed by atoms with van der Waals surface area (Å²) in [4.78, 5) is 45.2. The predicted molar refractivity (Wildman–Crippen MR) is 122 cm³/mol. The Balaban J connectivity index is 1.79. The van der Waals surface area contributed by atoms with E-state index < -0.39 is 12.1 Å². The van der Waals surface area contributed by atoms with E-state index in [0.717, 1.165) is 44.3 Å². The van der Waals surface area contributed by atoms with Gasteiger partial charge in [-0.05, 0) is 56.7 Å². The van der Waals surface area contributed by atoms with Crippen molar-refractivity contribution >= 4 is 29.5 Å². The molecule has 4 N–H and O–H groups in total. The average molecular weight is 445 g/mol. The summed E-state index contributed by atoms with van der Waals surface area (Å²) < 4.78 is 5.39. The van der Waals surface area contributed by atoms with E-state index in [2.05, 4.69) is 15.6 Å². The molecule has 10 nitrogen and oxygen atoms in total. The molecule has 3 rings (SSSR count). The Morgan fingerprint density at radius 2 is 1.91 bits per heavy atom. The van der Waals surface area contributed by atoms with Gasteiger partial charge in [0, 0.05) is 19.6 Å². The molecule has 0 saturated carbocycles. The summed E-state index contributed by atoms with van der Waals surface area (Å²) in [7, 11) is 1.54. The molecule has 174 valence electrons. The number of aryl methyl sites for hydroxylation is 1. The van der Waals surface area contributed by atoms with Crippen LogP contribution in [0.2, 0.25) is 0 Å². The van der Waals surface area contributed by atoms with E-state index in [1.807, 2.05) is 24.0 Å². The molecule has 2 aliphatic heterocycles. The molecule has 4 amide bonds. The van der Waals surface area contributed by atoms with Gasteiger partial charge in [-0.1, -0.05) is 6.07 Å². The molecule has 0 spiro atoms. The molecular weight excluding hydrogens is 412 g/mol. The number of nitrogens with one attached hydrogen (secondary N) is 2. The van der Waals surface area contributed by atoms with E-state index in [1.165, 1.54) is 0 Å². The van der Waals surface area contributed by atoms with Crippen LogP contribution in [0.15, 0.2) is 23.2 Å². The molecule has 32 heavy (non-hydrogen) atoms. The van der Waals surface area contributed by atoms with E-state index in [9.17, 15) is 14.4 Å². The Labute approximate surface area is 188 Å². The van der Waals surface area contributed by atoms with Crippen LogP contribution in [0.5, 0.6) is 5.75 Å². The van der Waals surface area contributed by atoms with E-state index >= 15 is 0 Å². The highest BCUT2D eigenvalue weighted by Gasteiger charge is 2.30. The van der Waals surface area contributed by atoms with Crippen LogP contribution < -0.4 is 21.1 Å². The van der Waals surface area contributed by atoms with Crippen LogP contribution in [-0.2, 0) is 9.59 Å². The first-order chi connectivity index (χ1) is 15.4. The summed E-state index contributed by atoms with van der Waals surface area (Å²) >= 11 is 0. The number of hydrogen-bond acceptors (Lipinski definition) is 5. The molecule has 1 aromatic carbocycles. The maximum Gasteiger partial charge on any atom is 0.318 e. The molecule has 0 radical (unpaired) electrons. The Bertz CT molecular complexity index is 881. The van der Waals surface area contributed by atoms with Gasteiger partial charge in [-0.3, -0.25) is 14.9 Å². The predicted octanol–water partition coefficient (Wildman–Crippen LogP) is 1.44. The van der Waals surface area contributed by atoms with Crippen molar-refractivity contribution in [2.75, 3.05) is 38.6 Å². The summed E-state index contributed by atoms with van der Waals surface area (Å²) in [6.07, 6.45) is 4.10. The first-order valence-corrected chi connectivity index (χ1v) is 11.0. The number of primary amides is 1. The number of methoxy groups -OCH3 is 1. The second-order valence-corrected chi connectivity index (χ2v) is 8.15. The van der Waals surface area contributed by atoms with Gasteiger partial charge in [-0.2, -0.15) is 0 Å². The molecule has 0 bridgehead atoms. The van der Waals surface area contributed by atoms with Crippen molar-refractivity contribution in [2.24, 2.45) is 10.7 Å². The molecule has 1 atom stereocenters. The lowest BCUT2D eigenvalue weighted by atomic mass is 10.1. The Kier molecular flexibility index (Phi) is 7.91. The molecule has 10 heteroatoms. The maximum atomic E-state index is 13.2. The number of guanidine groups is 1. The van der Waals surface area contributed by atoms with Gasteiger partial charge in [0.05, 0.1) is 19.3 Å². The van der Waals surface area contributed by atoms with E-state index in [0.29, 0.717) is 24.4 Å². The third-order valence-corrected chi connectivity index (χ3v) is 5.67. The number of likely N-dealkylation sites (tertiary alicyclic amines) is 2. The molecule has 0 aliphatic carbocycles. The molecule has 1 aromatic rings. The number of benzene rings is 1. The highest BCUT2D eigenvalue weighted by molar-refractivity contribution is 6.05. The van der Waals surface area contributed by atoms with Crippen molar-refractivity contribution < 1.29 is 19.1 Å². The van der Waals surface area contributed by atoms with Crippen LogP contribution in [0.4, 0.5) is 10.5 Å². The van der Waals surface area contributed by atoms with Gasteiger partial charge >= 0.3 is 6.03 Å². The monoisotopic (exact) mass is 444 g/mol. The number of carbonyl (C=O) groups excluding carboxylic acids is 3. The lowest BCUT2D eigenvalue weighted by Gasteiger charge is -2.25. The van der Waals surface area contributed by atoms with Crippen molar-refractivity contribution in [1.29, 1.82) is 0 Å². The Morgan fingerprint density at radius 3 is 2.59 bits per heavy atom. The number of rotatable bonds is 5. The summed E-state index contributed by atoms with van der Waals surface area (Å²) in [6.45, 7) is 4.00. The second kappa shape index (κ2) is 10.8. The van der Waals surface area contributed by atoms with Gasteiger partial charge in [0.15, 0.2) is 0 Å². The first-order valence-electron chi connectivity index (χ1n) is 11.0. The van der Waals surface area contributed by atoms with Crippen LogP contribution in [0, 0.1) is 6.92 Å². The standard InChI is InChI=1S/C22H32N6O4/c1-15-8-9-16(18(13-15)32-2)24-22(26-21(23)31)25-17-7-3-4-12-28(20(17)30)14-19(29)27-10-5-6-11-27/h8-9,13,17H,3-7,10-12,14H2,1-2H3,(H4,23,24,25,26,31)/t17-/m0/s1. The number of carbonyl (C=O) groups is 3. The van der Waals surface area contributed by atoms with Crippen molar-refractivity contribution in [2.45, 2.75) is 45.1 Å². The molecular formula is C22H32N6O4. The zero-order valence-corrected chi connectivity index (χ0v) is 18.7. The van der Waals surface area contributed by atoms with Gasteiger partial charge in [-0.25, -0.2) is 9.79 Å². The number of nitrogens with two attached hydrogens (primary N) is 1. The fourth-order valence-corrected chi connectivity index (χ4v) is 3.99. The molecule has 2 fully saturated rings. The zero-order valence-electron chi connectivity index (χ0n) is 18.7. The number of hydrogen-bond donors (Lipinski definition) is 3. The van der Waals surface area contributed by atoms with Crippen molar-refractivity contribution in [1.82, 2.24) is 15.1 Å². The van der Waals surface area contributed by atoms with Gasteiger partial charge in [0.1, 0.15) is 11.8 Å². The normalized spacial score (nSPS) is 19.5. The van der Waals surface area contributed by atoms with Crippen molar-refractivity contribution in [3.8, 4) is 5.75 Å². The van der Waals surface area contributed by atoms with Gasteiger partial charge in [0.25, 0.3) is 0 Å². The lowest BCUT2D eigenvalue weighted by Crippen LogP contribution is -2.46. The van der Waals surface area contributed by atoms with Gasteiger partial charge < -0.3 is 25.6 Å². The second-order valence-electron chi connectivity index (χ2n) is 8.15. The van der Waals surface area contributed by atoms with Crippen LogP contribution in [0.1, 0.15) is 37.7 Å². The molecule has 2 aliphatic rings. The van der Waals surface area contributed by atoms with Crippen LogP contribution in [0.3, 0.4) is 0 Å². The van der Waals surface area contributed by atoms with E-state index in [4.69, 9.17) is 10.5 Å². The number of aliphatic imine (C=N–C) groups is 1. The number of amides is 4. The minimum absolute atomic E-state index is 0.0292.